The van der Waals surface area contributed by atoms with Crippen molar-refractivity contribution < 1.29 is 26.0 Å². The number of hydrogen-bond donors (Lipinski definition) is 0. The fraction of sp³-hybridized carbons (Fsp3) is 0.0256. The van der Waals surface area contributed by atoms with Crippen LogP contribution in [0.25, 0.3) is 11.1 Å². The highest BCUT2D eigenvalue weighted by molar-refractivity contribution is 7.96. The molecule has 0 saturated carbocycles. The van der Waals surface area contributed by atoms with Crippen LogP contribution in [0.5, 0.6) is 0 Å². The lowest BCUT2D eigenvalue weighted by atomic mass is 10.0. The minimum Gasteiger partial charge on any atom is -0.284 e. The van der Waals surface area contributed by atoms with E-state index in [9.17, 15) is 0 Å². The van der Waals surface area contributed by atoms with Gasteiger partial charge in [0.2, 0.25) is 9.08 Å². The third kappa shape index (κ3) is 5.57. The Kier molecular flexibility index (Phi) is 8.65. The molecule has 204 valence electrons. The molecule has 0 aromatic heterocycles. The Hall–Kier alpha value is -3.98. The summed E-state index contributed by atoms with van der Waals surface area (Å²) in [4.78, 5) is 15.1. The quantitative estimate of drug-likeness (QED) is 0.127. The van der Waals surface area contributed by atoms with Crippen molar-refractivity contribution in [3.05, 3.63) is 185 Å². The van der Waals surface area contributed by atoms with Crippen molar-refractivity contribution in [3.8, 4) is 11.1 Å². The summed E-state index contributed by atoms with van der Waals surface area (Å²) < 4.78 is 2.33. The summed E-state index contributed by atoms with van der Waals surface area (Å²) in [7, 11) is 0. The molecule has 0 amide bonds. The van der Waals surface area contributed by atoms with Gasteiger partial charge in [0.25, 0.3) is 0 Å². The van der Waals surface area contributed by atoms with Gasteiger partial charge in [-0.1, -0.05) is 164 Å². The van der Waals surface area contributed by atoms with Crippen LogP contribution >= 0.6 is 6.89 Å². The number of carbonyl (C=O) groups excluding carboxylic acids is 1. The first-order valence-corrected chi connectivity index (χ1v) is 18.0. The number of hydrogen-bond acceptors (Lipinski definition) is 1. The monoisotopic (exact) mass is 673 g/mol. The molecule has 1 nitrogen and oxygen atoms in total. The number of aryl methyl sites for hydroxylation is 1. The van der Waals surface area contributed by atoms with E-state index in [0.717, 1.165) is 20.0 Å². The molecule has 0 spiro atoms. The molecule has 0 bridgehead atoms. The second-order valence-electron chi connectivity index (χ2n) is 10.1. The Morgan fingerprint density at radius 2 is 0.881 bits per heavy atom. The molecular formula is C39H31IOP+. The Bertz CT molecular complexity index is 1740. The molecular weight excluding hydrogens is 642 g/mol. The number of Topliss-reactive ketones (excluding diaryl/α,β-unsaturated/α-hetero) is 1. The van der Waals surface area contributed by atoms with Crippen LogP contribution in [0.4, 0.5) is 0 Å². The lowest BCUT2D eigenvalue weighted by Crippen LogP contribution is -3.65. The lowest BCUT2D eigenvalue weighted by molar-refractivity contribution is -0.501. The number of halogens is 1. The number of carbonyl (C=O) groups is 1. The van der Waals surface area contributed by atoms with Gasteiger partial charge in [-0.05, 0) is 40.0 Å². The Labute approximate surface area is 259 Å². The molecule has 0 aliphatic rings. The maximum atomic E-state index is 15.1. The van der Waals surface area contributed by atoms with Crippen LogP contribution < -0.4 is 37.1 Å². The summed E-state index contributed by atoms with van der Waals surface area (Å²) in [5, 5.41) is 3.62. The van der Waals surface area contributed by atoms with Crippen LogP contribution in [0.2, 0.25) is 0 Å². The average Bonchev–Trinajstić information content (AvgIpc) is 3.07. The fourth-order valence-corrected chi connectivity index (χ4v) is 15.6. The summed E-state index contributed by atoms with van der Waals surface area (Å²) in [5.74, 6) is 0.149. The van der Waals surface area contributed by atoms with Crippen LogP contribution in [0, 0.1) is 10.5 Å². The molecule has 0 N–H and O–H groups in total. The topological polar surface area (TPSA) is 17.1 Å². The number of ketones is 1. The first-order valence-electron chi connectivity index (χ1n) is 14.0. The summed E-state index contributed by atoms with van der Waals surface area (Å²) in [6, 6.07) is 59.3. The van der Waals surface area contributed by atoms with Gasteiger partial charge in [0, 0.05) is 18.0 Å². The van der Waals surface area contributed by atoms with Crippen molar-refractivity contribution in [3.63, 3.8) is 0 Å². The molecule has 42 heavy (non-hydrogen) atoms. The molecule has 0 unspecified atom stereocenters. The van der Waals surface area contributed by atoms with Crippen molar-refractivity contribution in [2.75, 3.05) is 0 Å². The second-order valence-corrected chi connectivity index (χ2v) is 17.1. The van der Waals surface area contributed by atoms with E-state index in [0.29, 0.717) is 0 Å². The van der Waals surface area contributed by atoms with Gasteiger partial charge in [-0.15, -0.1) is 0 Å². The van der Waals surface area contributed by atoms with E-state index in [1.54, 1.807) is 0 Å². The minimum atomic E-state index is -2.52. The molecule has 0 atom stereocenters. The van der Waals surface area contributed by atoms with Crippen LogP contribution in [0.1, 0.15) is 15.9 Å². The number of rotatable bonds is 8. The summed E-state index contributed by atoms with van der Waals surface area (Å²) in [5.41, 5.74) is 4.23. The second kappa shape index (κ2) is 12.9. The van der Waals surface area contributed by atoms with Crippen molar-refractivity contribution in [1.29, 1.82) is 0 Å². The summed E-state index contributed by atoms with van der Waals surface area (Å²) >= 11 is -0.830. The highest BCUT2D eigenvalue weighted by Crippen LogP contribution is 2.45. The van der Waals surface area contributed by atoms with E-state index in [-0.39, 0.29) is 5.78 Å². The Balaban J connectivity index is 1.69. The predicted molar refractivity (Wildman–Crippen MR) is 176 cm³/mol. The first-order chi connectivity index (χ1) is 20.7. The average molecular weight is 674 g/mol. The third-order valence-electron chi connectivity index (χ3n) is 7.43. The van der Waals surface area contributed by atoms with Gasteiger partial charge in [0.1, 0.15) is 0 Å². The lowest BCUT2D eigenvalue weighted by Gasteiger charge is -2.28. The Morgan fingerprint density at radius 1 is 0.476 bits per heavy atom. The number of benzene rings is 6. The van der Waals surface area contributed by atoms with Gasteiger partial charge in [0.05, 0.1) is 0 Å². The van der Waals surface area contributed by atoms with E-state index in [2.05, 4.69) is 146 Å². The van der Waals surface area contributed by atoms with Crippen molar-refractivity contribution in [2.24, 2.45) is 0 Å². The Morgan fingerprint density at radius 3 is 1.36 bits per heavy atom. The van der Waals surface area contributed by atoms with Gasteiger partial charge < -0.3 is 0 Å². The molecule has 0 heterocycles. The van der Waals surface area contributed by atoms with E-state index in [4.69, 9.17) is 0 Å². The molecule has 0 aliphatic heterocycles. The van der Waals surface area contributed by atoms with Gasteiger partial charge in [-0.25, -0.2) is 0 Å². The molecule has 6 rings (SSSR count). The zero-order valence-corrected chi connectivity index (χ0v) is 26.5. The maximum absolute atomic E-state index is 15.1. The van der Waals surface area contributed by atoms with Gasteiger partial charge in [-0.3, -0.25) is 4.79 Å². The van der Waals surface area contributed by atoms with Gasteiger partial charge >= 0.3 is 21.2 Å². The van der Waals surface area contributed by atoms with E-state index in [1.165, 1.54) is 25.0 Å². The molecule has 6 aromatic rings. The van der Waals surface area contributed by atoms with Crippen LogP contribution in [0.15, 0.2) is 170 Å². The third-order valence-corrected chi connectivity index (χ3v) is 17.0. The standard InChI is InChI=1S/C39H31IOP/c1-30-16-14-15-25-37(30)40-39(38(41)33-28-26-32(27-29-33)31-17-6-2-7-18-31)42(34-19-8-3-9-20-34,35-21-10-4-11-22-35)36-23-12-5-13-24-36/h2-29H,1H3/q+1. The van der Waals surface area contributed by atoms with Crippen LogP contribution in [0.3, 0.4) is 0 Å². The molecule has 0 radical (unpaired) electrons. The van der Waals surface area contributed by atoms with Gasteiger partial charge in [-0.2, -0.15) is 0 Å². The van der Waals surface area contributed by atoms with Crippen LogP contribution in [-0.4, -0.2) is 9.08 Å². The normalized spacial score (nSPS) is 11.2. The molecule has 6 aromatic carbocycles. The largest absolute Gasteiger partial charge is 0.363 e. The molecule has 0 fully saturated rings. The van der Waals surface area contributed by atoms with Crippen molar-refractivity contribution >= 4 is 31.9 Å². The SMILES string of the molecule is Cc1ccccc1[I+]C(C(=O)c1ccc(-c2ccccc2)cc1)=P(c1ccccc1)(c1ccccc1)c1ccccc1. The molecule has 3 heteroatoms. The van der Waals surface area contributed by atoms with E-state index in [1.807, 2.05) is 30.3 Å². The highest BCUT2D eigenvalue weighted by atomic mass is 127. The smallest absolute Gasteiger partial charge is 0.284 e. The zero-order chi connectivity index (χ0) is 28.8. The fourth-order valence-electron chi connectivity index (χ4n) is 5.32. The predicted octanol–water partition coefficient (Wildman–Crippen LogP) is 4.93. The van der Waals surface area contributed by atoms with Crippen LogP contribution in [-0.2, 0) is 0 Å². The zero-order valence-electron chi connectivity index (χ0n) is 23.4. The summed E-state index contributed by atoms with van der Waals surface area (Å²) in [6.45, 7) is -0.358. The van der Waals surface area contributed by atoms with E-state index >= 15 is 4.79 Å². The minimum absolute atomic E-state index is 0.149. The van der Waals surface area contributed by atoms with Crippen molar-refractivity contribution in [2.45, 2.75) is 6.92 Å². The first kappa shape index (κ1) is 28.2. The molecule has 0 saturated heterocycles. The highest BCUT2D eigenvalue weighted by Gasteiger charge is 2.42. The maximum Gasteiger partial charge on any atom is 0.363 e. The van der Waals surface area contributed by atoms with Crippen molar-refractivity contribution in [1.82, 2.24) is 0 Å². The van der Waals surface area contributed by atoms with E-state index < -0.39 is 28.1 Å². The van der Waals surface area contributed by atoms with Gasteiger partial charge in [0.15, 0.2) is 3.57 Å². The summed E-state index contributed by atoms with van der Waals surface area (Å²) in [6.07, 6.45) is 0. The molecule has 0 aliphatic carbocycles.